The van der Waals surface area contributed by atoms with E-state index in [0.29, 0.717) is 0 Å². The molecule has 2 rings (SSSR count). The van der Waals surface area contributed by atoms with Crippen LogP contribution in [0.3, 0.4) is 0 Å². The van der Waals surface area contributed by atoms with Gasteiger partial charge in [-0.15, -0.1) is 0 Å². The highest BCUT2D eigenvalue weighted by Gasteiger charge is 2.56. The number of fused-ring (bicyclic) bond motifs is 2. The fourth-order valence-electron chi connectivity index (χ4n) is 3.58. The van der Waals surface area contributed by atoms with Crippen molar-refractivity contribution in [2.24, 2.45) is 16.7 Å². The zero-order valence-corrected chi connectivity index (χ0v) is 8.11. The molecule has 64 valence electrons. The largest absolute Gasteiger partial charge is 0.0648 e. The molecule has 2 aliphatic rings. The second-order valence-electron chi connectivity index (χ2n) is 5.09. The Balaban J connectivity index is 2.29. The molecule has 2 bridgehead atoms. The average Bonchev–Trinajstić information content (AvgIpc) is 2.41. The SMILES string of the molecule is CCC12CCC(C)(CC1)C2C. The lowest BCUT2D eigenvalue weighted by atomic mass is 9.77. The summed E-state index contributed by atoms with van der Waals surface area (Å²) >= 11 is 0. The third kappa shape index (κ3) is 0.761. The Bertz CT molecular complexity index is 161. The number of hydrogen-bond acceptors (Lipinski definition) is 0. The summed E-state index contributed by atoms with van der Waals surface area (Å²) in [6.45, 7) is 7.37. The van der Waals surface area contributed by atoms with Crippen molar-refractivity contribution < 1.29 is 0 Å². The third-order valence-electron chi connectivity index (χ3n) is 5.06. The molecule has 1 unspecified atom stereocenters. The molecule has 1 atom stereocenters. The molecule has 0 aromatic heterocycles. The Morgan fingerprint density at radius 3 is 1.91 bits per heavy atom. The average molecular weight is 152 g/mol. The summed E-state index contributed by atoms with van der Waals surface area (Å²) in [6.07, 6.45) is 7.45. The van der Waals surface area contributed by atoms with Crippen LogP contribution in [0.2, 0.25) is 0 Å². The van der Waals surface area contributed by atoms with Crippen LogP contribution in [-0.4, -0.2) is 0 Å². The zero-order chi connectivity index (χ0) is 8.11. The maximum absolute atomic E-state index is 2.50. The van der Waals surface area contributed by atoms with Gasteiger partial charge in [0.1, 0.15) is 0 Å². The summed E-state index contributed by atoms with van der Waals surface area (Å²) in [7, 11) is 0. The first-order chi connectivity index (χ1) is 5.13. The molecular weight excluding hydrogens is 132 g/mol. The summed E-state index contributed by atoms with van der Waals surface area (Å²) in [5, 5.41) is 0. The first kappa shape index (κ1) is 7.64. The van der Waals surface area contributed by atoms with Gasteiger partial charge in [-0.05, 0) is 42.4 Å². The van der Waals surface area contributed by atoms with Crippen LogP contribution >= 0.6 is 0 Å². The van der Waals surface area contributed by atoms with E-state index in [1.807, 2.05) is 0 Å². The van der Waals surface area contributed by atoms with E-state index in [-0.39, 0.29) is 0 Å². The van der Waals surface area contributed by atoms with E-state index in [9.17, 15) is 0 Å². The first-order valence-electron chi connectivity index (χ1n) is 5.13. The third-order valence-corrected chi connectivity index (χ3v) is 5.06. The first-order valence-corrected chi connectivity index (χ1v) is 5.13. The van der Waals surface area contributed by atoms with Crippen LogP contribution in [0.25, 0.3) is 0 Å². The minimum absolute atomic E-state index is 0.732. The van der Waals surface area contributed by atoms with E-state index < -0.39 is 0 Å². The summed E-state index contributed by atoms with van der Waals surface area (Å²) in [4.78, 5) is 0. The van der Waals surface area contributed by atoms with Crippen LogP contribution in [-0.2, 0) is 0 Å². The van der Waals surface area contributed by atoms with Gasteiger partial charge in [-0.3, -0.25) is 0 Å². The second-order valence-corrected chi connectivity index (χ2v) is 5.09. The minimum atomic E-state index is 0.732. The predicted molar refractivity (Wildman–Crippen MR) is 48.5 cm³/mol. The molecule has 0 N–H and O–H groups in total. The summed E-state index contributed by atoms with van der Waals surface area (Å²) in [6, 6.07) is 0. The van der Waals surface area contributed by atoms with Crippen molar-refractivity contribution in [3.05, 3.63) is 0 Å². The molecule has 2 aliphatic carbocycles. The summed E-state index contributed by atoms with van der Waals surface area (Å²) < 4.78 is 0. The van der Waals surface area contributed by atoms with Gasteiger partial charge in [-0.2, -0.15) is 0 Å². The van der Waals surface area contributed by atoms with Crippen molar-refractivity contribution in [3.8, 4) is 0 Å². The van der Waals surface area contributed by atoms with Crippen LogP contribution < -0.4 is 0 Å². The van der Waals surface area contributed by atoms with Gasteiger partial charge in [0.05, 0.1) is 0 Å². The van der Waals surface area contributed by atoms with Crippen molar-refractivity contribution in [1.29, 1.82) is 0 Å². The molecule has 0 heteroatoms. The molecular formula is C11H20. The summed E-state index contributed by atoms with van der Waals surface area (Å²) in [5.74, 6) is 1.000. The monoisotopic (exact) mass is 152 g/mol. The topological polar surface area (TPSA) is 0 Å². The lowest BCUT2D eigenvalue weighted by molar-refractivity contribution is 0.209. The van der Waals surface area contributed by atoms with Gasteiger partial charge in [0.25, 0.3) is 0 Å². The molecule has 0 spiro atoms. The van der Waals surface area contributed by atoms with E-state index in [0.717, 1.165) is 16.7 Å². The van der Waals surface area contributed by atoms with Crippen LogP contribution in [0.4, 0.5) is 0 Å². The Kier molecular flexibility index (Phi) is 1.41. The van der Waals surface area contributed by atoms with Crippen molar-refractivity contribution in [1.82, 2.24) is 0 Å². The molecule has 0 amide bonds. The van der Waals surface area contributed by atoms with E-state index in [4.69, 9.17) is 0 Å². The normalized spacial score (nSPS) is 55.4. The molecule has 2 saturated carbocycles. The fraction of sp³-hybridized carbons (Fsp3) is 1.00. The molecule has 0 aromatic carbocycles. The molecule has 0 aromatic rings. The van der Waals surface area contributed by atoms with Crippen LogP contribution in [0.1, 0.15) is 52.9 Å². The highest BCUT2D eigenvalue weighted by Crippen LogP contribution is 2.66. The lowest BCUT2D eigenvalue weighted by Crippen LogP contribution is -2.20. The highest BCUT2D eigenvalue weighted by molar-refractivity contribution is 5.06. The van der Waals surface area contributed by atoms with Crippen LogP contribution in [0.5, 0.6) is 0 Å². The van der Waals surface area contributed by atoms with Gasteiger partial charge in [-0.1, -0.05) is 27.2 Å². The predicted octanol–water partition coefficient (Wildman–Crippen LogP) is 3.61. The number of hydrogen-bond donors (Lipinski definition) is 0. The second kappa shape index (κ2) is 2.02. The van der Waals surface area contributed by atoms with Crippen molar-refractivity contribution in [2.45, 2.75) is 52.9 Å². The minimum Gasteiger partial charge on any atom is -0.0648 e. The Morgan fingerprint density at radius 1 is 1.18 bits per heavy atom. The molecule has 2 fully saturated rings. The van der Waals surface area contributed by atoms with E-state index >= 15 is 0 Å². The Hall–Kier alpha value is 0. The van der Waals surface area contributed by atoms with Crippen LogP contribution in [0.15, 0.2) is 0 Å². The standard InChI is InChI=1S/C11H20/c1-4-11-7-5-10(3,6-8-11)9(11)2/h9H,4-8H2,1-3H3. The van der Waals surface area contributed by atoms with Gasteiger partial charge in [0, 0.05) is 0 Å². The maximum Gasteiger partial charge on any atom is -0.0269 e. The van der Waals surface area contributed by atoms with Gasteiger partial charge in [0.2, 0.25) is 0 Å². The van der Waals surface area contributed by atoms with Gasteiger partial charge < -0.3 is 0 Å². The van der Waals surface area contributed by atoms with Crippen molar-refractivity contribution >= 4 is 0 Å². The lowest BCUT2D eigenvalue weighted by Gasteiger charge is -2.28. The van der Waals surface area contributed by atoms with Gasteiger partial charge in [0.15, 0.2) is 0 Å². The molecule has 11 heavy (non-hydrogen) atoms. The molecule has 0 saturated heterocycles. The zero-order valence-electron chi connectivity index (χ0n) is 8.11. The molecule has 0 nitrogen and oxygen atoms in total. The Labute approximate surface area is 70.4 Å². The quantitative estimate of drug-likeness (QED) is 0.538. The highest BCUT2D eigenvalue weighted by atomic mass is 14.6. The fourth-order valence-corrected chi connectivity index (χ4v) is 3.58. The molecule has 0 heterocycles. The number of rotatable bonds is 1. The van der Waals surface area contributed by atoms with E-state index in [2.05, 4.69) is 20.8 Å². The van der Waals surface area contributed by atoms with Crippen molar-refractivity contribution in [2.75, 3.05) is 0 Å². The van der Waals surface area contributed by atoms with Crippen molar-refractivity contribution in [3.63, 3.8) is 0 Å². The smallest absolute Gasteiger partial charge is 0.0269 e. The summed E-state index contributed by atoms with van der Waals surface area (Å²) in [5.41, 5.74) is 1.50. The molecule has 0 aliphatic heterocycles. The van der Waals surface area contributed by atoms with Crippen LogP contribution in [0, 0.1) is 16.7 Å². The maximum atomic E-state index is 2.50. The van der Waals surface area contributed by atoms with E-state index in [1.54, 1.807) is 0 Å². The van der Waals surface area contributed by atoms with E-state index in [1.165, 1.54) is 32.1 Å². The van der Waals surface area contributed by atoms with Gasteiger partial charge in [-0.25, -0.2) is 0 Å². The Morgan fingerprint density at radius 2 is 1.73 bits per heavy atom. The van der Waals surface area contributed by atoms with Gasteiger partial charge >= 0.3 is 0 Å². The molecule has 0 radical (unpaired) electrons.